The molecule has 0 saturated carbocycles. The number of aromatic nitrogens is 5. The Morgan fingerprint density at radius 2 is 1.36 bits per heavy atom. The zero-order valence-corrected chi connectivity index (χ0v) is 45.3. The molecule has 6 aromatic rings. The smallest absolute Gasteiger partial charge is 0.255 e. The van der Waals surface area contributed by atoms with Gasteiger partial charge in [0.1, 0.15) is 34.5 Å². The number of hydrogen-bond donors (Lipinski definition) is 3. The minimum Gasteiger partial charge on any atom is -0.345 e. The fourth-order valence-corrected chi connectivity index (χ4v) is 11.6. The lowest BCUT2D eigenvalue weighted by Crippen LogP contribution is -2.51. The normalized spacial score (nSPS) is 21.3. The monoisotopic (exact) mass is 1040 g/mol. The number of amidine groups is 2. The fourth-order valence-electron chi connectivity index (χ4n) is 11.6. The van der Waals surface area contributed by atoms with Crippen LogP contribution in [-0.2, 0) is 13.0 Å². The number of fused-ring (bicyclic) bond motifs is 6. The summed E-state index contributed by atoms with van der Waals surface area (Å²) in [5, 5.41) is 8.96. The van der Waals surface area contributed by atoms with Crippen molar-refractivity contribution in [1.82, 2.24) is 54.7 Å². The molecule has 3 N–H and O–H groups in total. The van der Waals surface area contributed by atoms with Gasteiger partial charge in [0, 0.05) is 127 Å². The number of piperazine rings is 2. The van der Waals surface area contributed by atoms with Crippen molar-refractivity contribution in [2.75, 3.05) is 39.3 Å². The highest BCUT2D eigenvalue weighted by Crippen LogP contribution is 2.40. The standard InChI is InChI=1S/C59H66FN15O2/c1-31(2)65-49-18-39-14-38(17-48(60)55(39)69-37(49)9)47-28-75(57-44(47)16-41(22-64-57)59(77)74-13-11-72-26-34(6)36(8)68-54(72)30-74)27-42-19-51(66-32(3)4)45-20-50(61-24-52(45)70-42)46-23-63-56-43(46)15-40(21-62-56)58(76)73-12-10-71-25-33(5)35(7)67-53(71)29-73/h14-17,20-26,28,31-32,35-36,49,51,65-66H,10-13,18-19,27,29-30H2,1-9H3,(H,62,63). The average molecular weight is 1040 g/mol. The van der Waals surface area contributed by atoms with Gasteiger partial charge in [0.2, 0.25) is 0 Å². The molecule has 0 bridgehead atoms. The highest BCUT2D eigenvalue weighted by atomic mass is 19.1. The van der Waals surface area contributed by atoms with E-state index in [1.807, 2.05) is 53.5 Å². The van der Waals surface area contributed by atoms with Crippen molar-refractivity contribution in [2.45, 2.75) is 118 Å². The SMILES string of the molecule is CC1=CN2CCN(C(=O)c3cnc4[nH]cc(-c5cc6c(cn5)N=C(Cn5cc(-c7cc(F)c8c(c7)CC(NC(C)C)C(C)=N8)c7cc(C(=O)N8CCN9C=C(C)C(C)N=C9C8)cnc75)CC6NC(C)C)c4c3)CC2=NC1C. The lowest BCUT2D eigenvalue weighted by Gasteiger charge is -2.38. The second kappa shape index (κ2) is 19.7. The maximum Gasteiger partial charge on any atom is 0.255 e. The van der Waals surface area contributed by atoms with E-state index < -0.39 is 5.82 Å². The van der Waals surface area contributed by atoms with Crippen LogP contribution in [0.2, 0.25) is 0 Å². The minimum atomic E-state index is -0.391. The number of rotatable bonds is 10. The Morgan fingerprint density at radius 1 is 0.727 bits per heavy atom. The molecule has 0 spiro atoms. The van der Waals surface area contributed by atoms with Crippen LogP contribution in [0.15, 0.2) is 105 Å². The predicted octanol–water partition coefficient (Wildman–Crippen LogP) is 8.94. The molecule has 18 heteroatoms. The molecule has 12 rings (SSSR count). The fraction of sp³-hybridized carbons (Fsp3) is 0.407. The van der Waals surface area contributed by atoms with Crippen molar-refractivity contribution in [2.24, 2.45) is 20.0 Å². The number of aromatic amines is 1. The number of aliphatic imine (C=N–C) groups is 4. The maximum atomic E-state index is 16.4. The average Bonchev–Trinajstić information content (AvgIpc) is 4.01. The van der Waals surface area contributed by atoms with E-state index in [-0.39, 0.29) is 48.1 Å². The summed E-state index contributed by atoms with van der Waals surface area (Å²) in [6, 6.07) is 9.93. The third-order valence-electron chi connectivity index (χ3n) is 16.0. The van der Waals surface area contributed by atoms with Crippen LogP contribution >= 0.6 is 0 Å². The molecule has 4 unspecified atom stereocenters. The molecule has 77 heavy (non-hydrogen) atoms. The lowest BCUT2D eigenvalue weighted by molar-refractivity contribution is 0.0746. The Balaban J connectivity index is 0.872. The molecule has 0 radical (unpaired) electrons. The highest BCUT2D eigenvalue weighted by molar-refractivity contribution is 6.05. The van der Waals surface area contributed by atoms with Crippen LogP contribution < -0.4 is 10.6 Å². The van der Waals surface area contributed by atoms with Crippen molar-refractivity contribution in [3.63, 3.8) is 0 Å². The quantitative estimate of drug-likeness (QED) is 0.121. The van der Waals surface area contributed by atoms with Crippen LogP contribution in [-0.4, -0.2) is 148 Å². The van der Waals surface area contributed by atoms with Crippen LogP contribution in [0, 0.1) is 5.82 Å². The molecular formula is C59H66FN15O2. The third kappa shape index (κ3) is 9.44. The molecule has 2 fully saturated rings. The van der Waals surface area contributed by atoms with Crippen molar-refractivity contribution >= 4 is 68.4 Å². The Labute approximate surface area is 447 Å². The van der Waals surface area contributed by atoms with Crippen molar-refractivity contribution in [1.29, 1.82) is 0 Å². The number of benzene rings is 1. The molecule has 4 atom stereocenters. The maximum absolute atomic E-state index is 16.4. The highest BCUT2D eigenvalue weighted by Gasteiger charge is 2.33. The zero-order chi connectivity index (χ0) is 53.6. The van der Waals surface area contributed by atoms with Gasteiger partial charge in [-0.1, -0.05) is 27.7 Å². The van der Waals surface area contributed by atoms with Crippen molar-refractivity contribution in [3.05, 3.63) is 113 Å². The number of carbonyl (C=O) groups is 2. The number of H-pyrrole nitrogens is 1. The molecule has 0 aliphatic carbocycles. The molecule has 6 aliphatic rings. The first-order valence-electron chi connectivity index (χ1n) is 27.1. The topological polar surface area (TPSA) is 180 Å². The number of hydrogen-bond acceptors (Lipinski definition) is 13. The van der Waals surface area contributed by atoms with E-state index >= 15 is 4.39 Å². The van der Waals surface area contributed by atoms with E-state index in [2.05, 4.69) is 104 Å². The molecule has 2 amide bonds. The van der Waals surface area contributed by atoms with Gasteiger partial charge in [-0.3, -0.25) is 34.5 Å². The van der Waals surface area contributed by atoms with E-state index in [4.69, 9.17) is 34.9 Å². The minimum absolute atomic E-state index is 0.0229. The molecule has 1 aromatic carbocycles. The second-order valence-corrected chi connectivity index (χ2v) is 22.3. The Hall–Kier alpha value is -7.70. The van der Waals surface area contributed by atoms with E-state index in [0.717, 1.165) is 67.5 Å². The number of halogens is 1. The third-order valence-corrected chi connectivity index (χ3v) is 16.0. The van der Waals surface area contributed by atoms with Crippen LogP contribution in [0.4, 0.5) is 15.8 Å². The number of pyridine rings is 3. The van der Waals surface area contributed by atoms with Crippen molar-refractivity contribution in [3.8, 4) is 22.4 Å². The van der Waals surface area contributed by atoms with Crippen LogP contribution in [0.25, 0.3) is 44.5 Å². The molecule has 17 nitrogen and oxygen atoms in total. The summed E-state index contributed by atoms with van der Waals surface area (Å²) < 4.78 is 18.5. The number of nitrogens with one attached hydrogen (secondary N) is 3. The van der Waals surface area contributed by atoms with Crippen LogP contribution in [0.1, 0.15) is 107 Å². The number of amides is 2. The van der Waals surface area contributed by atoms with E-state index in [1.165, 1.54) is 11.1 Å². The van der Waals surface area contributed by atoms with E-state index in [1.54, 1.807) is 18.5 Å². The molecule has 6 aliphatic heterocycles. The summed E-state index contributed by atoms with van der Waals surface area (Å²) in [6.07, 6.45) is 14.6. The summed E-state index contributed by atoms with van der Waals surface area (Å²) in [5.41, 5.74) is 12.5. The molecule has 11 heterocycles. The molecule has 2 saturated heterocycles. The van der Waals surface area contributed by atoms with E-state index in [9.17, 15) is 9.59 Å². The lowest BCUT2D eigenvalue weighted by atomic mass is 9.93. The van der Waals surface area contributed by atoms with E-state index in [0.29, 0.717) is 92.3 Å². The first kappa shape index (κ1) is 50.1. The van der Waals surface area contributed by atoms with Gasteiger partial charge in [-0.2, -0.15) is 0 Å². The van der Waals surface area contributed by atoms with Gasteiger partial charge in [-0.05, 0) is 99.2 Å². The first-order valence-corrected chi connectivity index (χ1v) is 27.1. The second-order valence-electron chi connectivity index (χ2n) is 22.3. The molecular weight excluding hydrogens is 970 g/mol. The van der Waals surface area contributed by atoms with Gasteiger partial charge < -0.3 is 39.8 Å². The molecule has 396 valence electrons. The first-order chi connectivity index (χ1) is 37.0. The predicted molar refractivity (Wildman–Crippen MR) is 302 cm³/mol. The Morgan fingerprint density at radius 3 is 2.03 bits per heavy atom. The summed E-state index contributed by atoms with van der Waals surface area (Å²) >= 11 is 0. The summed E-state index contributed by atoms with van der Waals surface area (Å²) in [4.78, 5) is 74.3. The summed E-state index contributed by atoms with van der Waals surface area (Å²) in [7, 11) is 0. The summed E-state index contributed by atoms with van der Waals surface area (Å²) in [6.45, 7) is 22.5. The van der Waals surface area contributed by atoms with Crippen molar-refractivity contribution < 1.29 is 14.0 Å². The van der Waals surface area contributed by atoms with Crippen LogP contribution in [0.3, 0.4) is 0 Å². The van der Waals surface area contributed by atoms with Crippen LogP contribution in [0.5, 0.6) is 0 Å². The molecule has 5 aromatic heterocycles. The Bertz CT molecular complexity index is 3620. The van der Waals surface area contributed by atoms with Gasteiger partial charge in [0.15, 0.2) is 0 Å². The largest absolute Gasteiger partial charge is 0.345 e. The van der Waals surface area contributed by atoms with Gasteiger partial charge in [-0.25, -0.2) is 14.4 Å². The zero-order valence-electron chi connectivity index (χ0n) is 45.3. The van der Waals surface area contributed by atoms with Gasteiger partial charge in [0.05, 0.1) is 60.4 Å². The van der Waals surface area contributed by atoms with Gasteiger partial charge >= 0.3 is 0 Å². The number of carbonyl (C=O) groups excluding carboxylic acids is 2. The Kier molecular flexibility index (Phi) is 12.8. The summed E-state index contributed by atoms with van der Waals surface area (Å²) in [5.74, 6) is 1.18. The van der Waals surface area contributed by atoms with Gasteiger partial charge in [-0.15, -0.1) is 0 Å². The number of nitrogens with zero attached hydrogens (tertiary/aromatic N) is 12. The van der Waals surface area contributed by atoms with Gasteiger partial charge in [0.25, 0.3) is 11.8 Å².